The maximum atomic E-state index is 12.3. The Hall–Kier alpha value is -0.130. The largest absolute Gasteiger partial charge is 0.395 e. The third kappa shape index (κ3) is 2.76. The van der Waals surface area contributed by atoms with Crippen molar-refractivity contribution in [3.63, 3.8) is 0 Å². The quantitative estimate of drug-likeness (QED) is 0.818. The number of sulfonamides is 1. The third-order valence-corrected chi connectivity index (χ3v) is 5.78. The van der Waals surface area contributed by atoms with E-state index in [0.717, 1.165) is 25.7 Å². The molecule has 0 spiro atoms. The van der Waals surface area contributed by atoms with Crippen molar-refractivity contribution >= 4 is 10.0 Å². The minimum atomic E-state index is -3.31. The Morgan fingerprint density at radius 2 is 1.75 bits per heavy atom. The average molecular weight is 249 g/mol. The zero-order valence-electron chi connectivity index (χ0n) is 10.4. The molecule has 1 rings (SSSR count). The standard InChI is InChI=1S/C11H23NO3S/c1-11(2,3)16(14,15)12(8-9-13)10-6-4-5-7-10/h10,13H,4-9H2,1-3H3. The van der Waals surface area contributed by atoms with Crippen LogP contribution in [0.15, 0.2) is 0 Å². The summed E-state index contributed by atoms with van der Waals surface area (Å²) in [7, 11) is -3.31. The smallest absolute Gasteiger partial charge is 0.219 e. The van der Waals surface area contributed by atoms with E-state index in [4.69, 9.17) is 5.11 Å². The molecule has 0 heterocycles. The van der Waals surface area contributed by atoms with Crippen LogP contribution < -0.4 is 0 Å². The highest BCUT2D eigenvalue weighted by atomic mass is 32.2. The first-order valence-corrected chi connectivity index (χ1v) is 7.37. The molecule has 1 fully saturated rings. The van der Waals surface area contributed by atoms with Crippen molar-refractivity contribution in [3.05, 3.63) is 0 Å². The van der Waals surface area contributed by atoms with Gasteiger partial charge in [0.15, 0.2) is 0 Å². The minimum Gasteiger partial charge on any atom is -0.395 e. The molecule has 5 heteroatoms. The molecule has 0 aromatic heterocycles. The van der Waals surface area contributed by atoms with E-state index in [1.165, 1.54) is 4.31 Å². The van der Waals surface area contributed by atoms with Gasteiger partial charge in [0.05, 0.1) is 11.4 Å². The minimum absolute atomic E-state index is 0.0939. The fourth-order valence-electron chi connectivity index (χ4n) is 2.14. The first kappa shape index (κ1) is 13.9. The van der Waals surface area contributed by atoms with Crippen molar-refractivity contribution < 1.29 is 13.5 Å². The van der Waals surface area contributed by atoms with Crippen LogP contribution in [0.25, 0.3) is 0 Å². The van der Waals surface area contributed by atoms with Gasteiger partial charge in [-0.1, -0.05) is 12.8 Å². The fraction of sp³-hybridized carbons (Fsp3) is 1.00. The monoisotopic (exact) mass is 249 g/mol. The van der Waals surface area contributed by atoms with Crippen LogP contribution >= 0.6 is 0 Å². The maximum absolute atomic E-state index is 12.3. The number of rotatable bonds is 4. The van der Waals surface area contributed by atoms with Crippen LogP contribution in [0.2, 0.25) is 0 Å². The first-order chi connectivity index (χ1) is 7.30. The topological polar surface area (TPSA) is 57.6 Å². The van der Waals surface area contributed by atoms with Crippen LogP contribution in [0.4, 0.5) is 0 Å². The lowest BCUT2D eigenvalue weighted by Crippen LogP contribution is -2.48. The molecule has 1 N–H and O–H groups in total. The molecule has 0 radical (unpaired) electrons. The van der Waals surface area contributed by atoms with Gasteiger partial charge in [0.25, 0.3) is 0 Å². The van der Waals surface area contributed by atoms with Crippen molar-refractivity contribution in [1.82, 2.24) is 4.31 Å². The molecular formula is C11H23NO3S. The highest BCUT2D eigenvalue weighted by molar-refractivity contribution is 7.90. The number of hydrogen-bond acceptors (Lipinski definition) is 3. The van der Waals surface area contributed by atoms with Crippen molar-refractivity contribution in [2.45, 2.75) is 57.2 Å². The molecule has 1 aliphatic carbocycles. The molecular weight excluding hydrogens is 226 g/mol. The van der Waals surface area contributed by atoms with Gasteiger partial charge in [-0.15, -0.1) is 0 Å². The molecule has 0 saturated heterocycles. The number of nitrogens with zero attached hydrogens (tertiary/aromatic N) is 1. The first-order valence-electron chi connectivity index (χ1n) is 5.93. The van der Waals surface area contributed by atoms with Gasteiger partial charge in [0.1, 0.15) is 0 Å². The predicted molar refractivity (Wildman–Crippen MR) is 64.7 cm³/mol. The molecule has 0 aliphatic heterocycles. The Labute approximate surface area is 98.7 Å². The zero-order valence-corrected chi connectivity index (χ0v) is 11.3. The van der Waals surface area contributed by atoms with E-state index in [2.05, 4.69) is 0 Å². The van der Waals surface area contributed by atoms with Gasteiger partial charge >= 0.3 is 0 Å². The van der Waals surface area contributed by atoms with E-state index in [-0.39, 0.29) is 19.2 Å². The third-order valence-electron chi connectivity index (χ3n) is 3.13. The summed E-state index contributed by atoms with van der Waals surface area (Å²) in [6.07, 6.45) is 4.03. The van der Waals surface area contributed by atoms with Gasteiger partial charge in [-0.3, -0.25) is 0 Å². The van der Waals surface area contributed by atoms with Crippen LogP contribution in [-0.2, 0) is 10.0 Å². The number of aliphatic hydroxyl groups is 1. The second-order valence-electron chi connectivity index (χ2n) is 5.39. The summed E-state index contributed by atoms with van der Waals surface area (Å²) in [6.45, 7) is 5.25. The molecule has 4 nitrogen and oxygen atoms in total. The summed E-state index contributed by atoms with van der Waals surface area (Å²) < 4.78 is 25.4. The predicted octanol–water partition coefficient (Wildman–Crippen LogP) is 1.35. The molecule has 0 amide bonds. The Morgan fingerprint density at radius 1 is 1.25 bits per heavy atom. The van der Waals surface area contributed by atoms with Gasteiger partial charge in [0.2, 0.25) is 10.0 Å². The molecule has 16 heavy (non-hydrogen) atoms. The molecule has 96 valence electrons. The van der Waals surface area contributed by atoms with Crippen LogP contribution in [0, 0.1) is 0 Å². The highest BCUT2D eigenvalue weighted by Gasteiger charge is 2.39. The van der Waals surface area contributed by atoms with Crippen LogP contribution in [0.3, 0.4) is 0 Å². The summed E-state index contributed by atoms with van der Waals surface area (Å²) in [4.78, 5) is 0. The molecule has 0 aromatic carbocycles. The molecule has 0 unspecified atom stereocenters. The van der Waals surface area contributed by atoms with E-state index in [9.17, 15) is 8.42 Å². The Morgan fingerprint density at radius 3 is 2.12 bits per heavy atom. The summed E-state index contributed by atoms with van der Waals surface area (Å²) >= 11 is 0. The van der Waals surface area contributed by atoms with E-state index >= 15 is 0 Å². The van der Waals surface area contributed by atoms with Crippen molar-refractivity contribution in [2.75, 3.05) is 13.2 Å². The summed E-state index contributed by atoms with van der Waals surface area (Å²) in [5, 5.41) is 9.02. The van der Waals surface area contributed by atoms with Crippen LogP contribution in [-0.4, -0.2) is 41.8 Å². The average Bonchev–Trinajstić information content (AvgIpc) is 2.64. The van der Waals surface area contributed by atoms with Gasteiger partial charge < -0.3 is 5.11 Å². The lowest BCUT2D eigenvalue weighted by Gasteiger charge is -2.33. The van der Waals surface area contributed by atoms with E-state index in [1.807, 2.05) is 0 Å². The summed E-state index contributed by atoms with van der Waals surface area (Å²) in [5.74, 6) is 0. The van der Waals surface area contributed by atoms with Gasteiger partial charge in [-0.05, 0) is 33.6 Å². The summed E-state index contributed by atoms with van der Waals surface area (Å²) in [6, 6.07) is 0.0939. The normalized spacial score (nSPS) is 19.6. The van der Waals surface area contributed by atoms with Crippen LogP contribution in [0.1, 0.15) is 46.5 Å². The van der Waals surface area contributed by atoms with Gasteiger partial charge in [-0.2, -0.15) is 4.31 Å². The van der Waals surface area contributed by atoms with Crippen molar-refractivity contribution in [1.29, 1.82) is 0 Å². The molecule has 1 aliphatic rings. The summed E-state index contributed by atoms with van der Waals surface area (Å²) in [5.41, 5.74) is 0. The number of aliphatic hydroxyl groups excluding tert-OH is 1. The Balaban J connectivity index is 2.92. The lowest BCUT2D eigenvalue weighted by molar-refractivity contribution is 0.223. The van der Waals surface area contributed by atoms with E-state index in [1.54, 1.807) is 20.8 Å². The molecule has 1 saturated carbocycles. The van der Waals surface area contributed by atoms with Crippen molar-refractivity contribution in [3.8, 4) is 0 Å². The SMILES string of the molecule is CC(C)(C)S(=O)(=O)N(CCO)C1CCCC1. The van der Waals surface area contributed by atoms with Crippen molar-refractivity contribution in [2.24, 2.45) is 0 Å². The molecule has 0 aromatic rings. The van der Waals surface area contributed by atoms with E-state index < -0.39 is 14.8 Å². The lowest BCUT2D eigenvalue weighted by atomic mass is 10.2. The fourth-order valence-corrected chi connectivity index (χ4v) is 3.77. The van der Waals surface area contributed by atoms with Crippen LogP contribution in [0.5, 0.6) is 0 Å². The Bertz CT molecular complexity index is 313. The second-order valence-corrected chi connectivity index (χ2v) is 8.03. The Kier molecular flexibility index (Phi) is 4.37. The maximum Gasteiger partial charge on any atom is 0.219 e. The second kappa shape index (κ2) is 5.02. The van der Waals surface area contributed by atoms with Gasteiger partial charge in [-0.25, -0.2) is 8.42 Å². The highest BCUT2D eigenvalue weighted by Crippen LogP contribution is 2.30. The molecule has 0 bridgehead atoms. The van der Waals surface area contributed by atoms with Gasteiger partial charge in [0, 0.05) is 12.6 Å². The molecule has 0 atom stereocenters. The zero-order chi connectivity index (χ0) is 12.4. The number of hydrogen-bond donors (Lipinski definition) is 1. The van der Waals surface area contributed by atoms with E-state index in [0.29, 0.717) is 0 Å².